The molecule has 3 aromatic rings. The second-order valence-corrected chi connectivity index (χ2v) is 8.97. The number of hydrogen-bond acceptors (Lipinski definition) is 7. The molecule has 0 fully saturated rings. The first-order valence-electron chi connectivity index (χ1n) is 8.93. The number of benzene rings is 1. The van der Waals surface area contributed by atoms with E-state index in [-0.39, 0.29) is 23.6 Å². The zero-order valence-electron chi connectivity index (χ0n) is 16.7. The number of carbonyl (C=O) groups is 1. The minimum Gasteiger partial charge on any atom is -0.491 e. The predicted molar refractivity (Wildman–Crippen MR) is 116 cm³/mol. The average Bonchev–Trinajstić information content (AvgIpc) is 3.09. The second-order valence-electron chi connectivity index (χ2n) is 6.57. The Kier molecular flexibility index (Phi) is 6.71. The summed E-state index contributed by atoms with van der Waals surface area (Å²) in [6.07, 6.45) is 1.57. The second kappa shape index (κ2) is 9.23. The number of nitrogens with zero attached hydrogens (tertiary/aromatic N) is 3. The summed E-state index contributed by atoms with van der Waals surface area (Å²) in [5.74, 6) is 0.510. The molecule has 0 atom stereocenters. The maximum absolute atomic E-state index is 12.7. The van der Waals surface area contributed by atoms with Gasteiger partial charge in [0.05, 0.1) is 13.3 Å². The van der Waals surface area contributed by atoms with Crippen LogP contribution in [0.3, 0.4) is 0 Å². The highest BCUT2D eigenvalue weighted by Crippen LogP contribution is 2.26. The topological polar surface area (TPSA) is 86.1 Å². The number of anilines is 1. The summed E-state index contributed by atoms with van der Waals surface area (Å²) in [5.41, 5.74) is 3.40. The van der Waals surface area contributed by atoms with Crippen molar-refractivity contribution >= 4 is 34.7 Å². The van der Waals surface area contributed by atoms with Gasteiger partial charge in [-0.3, -0.25) is 9.59 Å². The Labute approximate surface area is 177 Å². The molecule has 0 unspecified atom stereocenters. The summed E-state index contributed by atoms with van der Waals surface area (Å²) in [4.78, 5) is 24.9. The lowest BCUT2D eigenvalue weighted by molar-refractivity contribution is -0.116. The molecule has 0 aliphatic rings. The standard InChI is InChI=1S/C20H22N4O3S2/c1-12-5-6-16(13(2)7-12)21-19(26)10-24-9-18(27-4)17(25)8-15(24)11-28-20-23-22-14(3)29-20/h5-9H,10-11H2,1-4H3,(H,21,26). The number of carbonyl (C=O) groups excluding carboxylic acids is 1. The van der Waals surface area contributed by atoms with Gasteiger partial charge in [0, 0.05) is 23.2 Å². The third-order valence-electron chi connectivity index (χ3n) is 4.22. The van der Waals surface area contributed by atoms with Gasteiger partial charge in [-0.1, -0.05) is 40.8 Å². The lowest BCUT2D eigenvalue weighted by atomic mass is 10.1. The van der Waals surface area contributed by atoms with Crippen molar-refractivity contribution in [2.24, 2.45) is 0 Å². The van der Waals surface area contributed by atoms with Gasteiger partial charge in [0.1, 0.15) is 11.6 Å². The molecular weight excluding hydrogens is 408 g/mol. The van der Waals surface area contributed by atoms with Crippen molar-refractivity contribution in [3.63, 3.8) is 0 Å². The van der Waals surface area contributed by atoms with Crippen LogP contribution in [0.25, 0.3) is 0 Å². The zero-order chi connectivity index (χ0) is 21.0. The molecule has 0 aliphatic carbocycles. The minimum absolute atomic E-state index is 0.0645. The van der Waals surface area contributed by atoms with E-state index < -0.39 is 0 Å². The van der Waals surface area contributed by atoms with E-state index in [9.17, 15) is 9.59 Å². The van der Waals surface area contributed by atoms with Crippen LogP contribution in [0, 0.1) is 20.8 Å². The molecule has 29 heavy (non-hydrogen) atoms. The highest BCUT2D eigenvalue weighted by atomic mass is 32.2. The quantitative estimate of drug-likeness (QED) is 0.577. The third kappa shape index (κ3) is 5.45. The Hall–Kier alpha value is -2.65. The molecule has 0 radical (unpaired) electrons. The summed E-state index contributed by atoms with van der Waals surface area (Å²) in [6, 6.07) is 7.37. The Morgan fingerprint density at radius 2 is 2.03 bits per heavy atom. The van der Waals surface area contributed by atoms with Crippen LogP contribution in [-0.2, 0) is 17.1 Å². The first-order chi connectivity index (χ1) is 13.9. The van der Waals surface area contributed by atoms with Crippen molar-refractivity contribution in [3.8, 4) is 5.75 Å². The number of pyridine rings is 1. The molecule has 3 rings (SSSR count). The predicted octanol–water partition coefficient (Wildman–Crippen LogP) is 3.56. The van der Waals surface area contributed by atoms with Gasteiger partial charge in [-0.05, 0) is 32.4 Å². The molecule has 0 bridgehead atoms. The third-order valence-corrected chi connectivity index (χ3v) is 6.23. The molecule has 2 aromatic heterocycles. The molecule has 1 N–H and O–H groups in total. The van der Waals surface area contributed by atoms with Crippen molar-refractivity contribution in [2.45, 2.75) is 37.4 Å². The van der Waals surface area contributed by atoms with Crippen molar-refractivity contribution in [2.75, 3.05) is 12.4 Å². The first kappa shape index (κ1) is 21.1. The number of amides is 1. The van der Waals surface area contributed by atoms with Gasteiger partial charge < -0.3 is 14.6 Å². The number of rotatable bonds is 7. The number of thioether (sulfide) groups is 1. The van der Waals surface area contributed by atoms with Gasteiger partial charge in [-0.15, -0.1) is 10.2 Å². The normalized spacial score (nSPS) is 10.8. The van der Waals surface area contributed by atoms with Gasteiger partial charge in [0.25, 0.3) is 0 Å². The molecule has 2 heterocycles. The minimum atomic E-state index is -0.220. The molecule has 0 spiro atoms. The number of ether oxygens (including phenoxy) is 1. The monoisotopic (exact) mass is 430 g/mol. The summed E-state index contributed by atoms with van der Waals surface area (Å²) in [5, 5.41) is 11.9. The van der Waals surface area contributed by atoms with Crippen LogP contribution < -0.4 is 15.5 Å². The average molecular weight is 431 g/mol. The molecule has 1 amide bonds. The van der Waals surface area contributed by atoms with E-state index in [1.165, 1.54) is 36.3 Å². The molecule has 152 valence electrons. The largest absolute Gasteiger partial charge is 0.491 e. The SMILES string of the molecule is COc1cn(CC(=O)Nc2ccc(C)cc2C)c(CSc2nnc(C)s2)cc1=O. The number of aromatic nitrogens is 3. The number of nitrogens with one attached hydrogen (secondary N) is 1. The highest BCUT2D eigenvalue weighted by Gasteiger charge is 2.13. The fraction of sp³-hybridized carbons (Fsp3) is 0.300. The van der Waals surface area contributed by atoms with E-state index in [0.717, 1.165) is 26.2 Å². The van der Waals surface area contributed by atoms with Crippen LogP contribution in [0.2, 0.25) is 0 Å². The van der Waals surface area contributed by atoms with Crippen molar-refractivity contribution in [1.29, 1.82) is 0 Å². The molecule has 7 nitrogen and oxygen atoms in total. The van der Waals surface area contributed by atoms with Crippen LogP contribution in [0.4, 0.5) is 5.69 Å². The van der Waals surface area contributed by atoms with Crippen LogP contribution in [0.5, 0.6) is 5.75 Å². The van der Waals surface area contributed by atoms with Crippen LogP contribution in [0.1, 0.15) is 21.8 Å². The first-order valence-corrected chi connectivity index (χ1v) is 10.7. The lowest BCUT2D eigenvalue weighted by Crippen LogP contribution is -2.23. The van der Waals surface area contributed by atoms with Crippen LogP contribution in [-0.4, -0.2) is 27.8 Å². The molecule has 0 saturated carbocycles. The van der Waals surface area contributed by atoms with Gasteiger partial charge in [-0.25, -0.2) is 0 Å². The maximum atomic E-state index is 12.7. The summed E-state index contributed by atoms with van der Waals surface area (Å²) >= 11 is 2.97. The maximum Gasteiger partial charge on any atom is 0.244 e. The Morgan fingerprint density at radius 3 is 2.69 bits per heavy atom. The van der Waals surface area contributed by atoms with E-state index >= 15 is 0 Å². The fourth-order valence-electron chi connectivity index (χ4n) is 2.79. The van der Waals surface area contributed by atoms with Crippen LogP contribution >= 0.6 is 23.1 Å². The van der Waals surface area contributed by atoms with Gasteiger partial charge in [0.15, 0.2) is 10.1 Å². The molecule has 1 aromatic carbocycles. The number of aryl methyl sites for hydroxylation is 3. The molecule has 0 saturated heterocycles. The Morgan fingerprint density at radius 1 is 1.24 bits per heavy atom. The zero-order valence-corrected chi connectivity index (χ0v) is 18.3. The van der Waals surface area contributed by atoms with E-state index in [4.69, 9.17) is 4.74 Å². The van der Waals surface area contributed by atoms with E-state index in [0.29, 0.717) is 11.4 Å². The lowest BCUT2D eigenvalue weighted by Gasteiger charge is -2.15. The van der Waals surface area contributed by atoms with E-state index in [1.807, 2.05) is 39.0 Å². The van der Waals surface area contributed by atoms with Crippen LogP contribution in [0.15, 0.2) is 39.6 Å². The van der Waals surface area contributed by atoms with E-state index in [2.05, 4.69) is 15.5 Å². The van der Waals surface area contributed by atoms with Gasteiger partial charge >= 0.3 is 0 Å². The fourth-order valence-corrected chi connectivity index (χ4v) is 4.60. The number of hydrogen-bond donors (Lipinski definition) is 1. The Balaban J connectivity index is 1.80. The summed E-state index contributed by atoms with van der Waals surface area (Å²) in [6.45, 7) is 5.92. The van der Waals surface area contributed by atoms with Gasteiger partial charge in [0.2, 0.25) is 11.3 Å². The summed E-state index contributed by atoms with van der Waals surface area (Å²) in [7, 11) is 1.44. The van der Waals surface area contributed by atoms with Crippen molar-refractivity contribution < 1.29 is 9.53 Å². The number of methoxy groups -OCH3 is 1. The molecular formula is C20H22N4O3S2. The van der Waals surface area contributed by atoms with Gasteiger partial charge in [-0.2, -0.15) is 0 Å². The molecule has 9 heteroatoms. The summed E-state index contributed by atoms with van der Waals surface area (Å²) < 4.78 is 7.70. The van der Waals surface area contributed by atoms with E-state index in [1.54, 1.807) is 10.8 Å². The smallest absolute Gasteiger partial charge is 0.244 e. The highest BCUT2D eigenvalue weighted by molar-refractivity contribution is 8.00. The molecule has 0 aliphatic heterocycles. The van der Waals surface area contributed by atoms with Crippen molar-refractivity contribution in [1.82, 2.24) is 14.8 Å². The Bertz CT molecular complexity index is 1090. The van der Waals surface area contributed by atoms with Crippen molar-refractivity contribution in [3.05, 3.63) is 62.5 Å².